The molecule has 0 aromatic heterocycles. The smallest absolute Gasteiger partial charge is 0.338 e. The van der Waals surface area contributed by atoms with E-state index in [1.54, 1.807) is 17.4 Å². The van der Waals surface area contributed by atoms with Crippen molar-refractivity contribution in [1.29, 1.82) is 0 Å². The topological polar surface area (TPSA) is 145 Å². The molecule has 31 heavy (non-hydrogen) atoms. The third-order valence-corrected chi connectivity index (χ3v) is 5.68. The second kappa shape index (κ2) is 10.6. The van der Waals surface area contributed by atoms with Crippen molar-refractivity contribution in [2.45, 2.75) is 44.1 Å². The van der Waals surface area contributed by atoms with E-state index in [1.165, 1.54) is 25.1 Å². The number of hydrogen-bond donors (Lipinski definition) is 3. The Hall–Kier alpha value is -3.40. The fourth-order valence-electron chi connectivity index (χ4n) is 2.63. The molecule has 4 N–H and O–H groups in total. The molecule has 10 heteroatoms. The Bertz CT molecular complexity index is 1050. The number of urea groups is 1. The molecule has 0 aliphatic heterocycles. The van der Waals surface area contributed by atoms with Crippen LogP contribution in [-0.4, -0.2) is 32.4 Å². The van der Waals surface area contributed by atoms with Gasteiger partial charge in [0, 0.05) is 5.69 Å². The molecule has 0 saturated carbocycles. The average molecular weight is 448 g/mol. The minimum atomic E-state index is -3.96. The summed E-state index contributed by atoms with van der Waals surface area (Å²) in [6.07, 6.45) is 1.74. The number of benzene rings is 2. The zero-order chi connectivity index (χ0) is 23.0. The molecule has 2 aromatic carbocycles. The Morgan fingerprint density at radius 1 is 1.10 bits per heavy atom. The van der Waals surface area contributed by atoms with Crippen molar-refractivity contribution in [3.05, 3.63) is 59.7 Å². The number of carbonyl (C=O) groups is 3. The van der Waals surface area contributed by atoms with E-state index in [-0.39, 0.29) is 10.5 Å². The van der Waals surface area contributed by atoms with Gasteiger partial charge in [-0.15, -0.1) is 0 Å². The molecule has 166 valence electrons. The van der Waals surface area contributed by atoms with Crippen molar-refractivity contribution >= 4 is 33.6 Å². The van der Waals surface area contributed by atoms with Crippen LogP contribution < -0.4 is 15.8 Å². The summed E-state index contributed by atoms with van der Waals surface area (Å²) in [4.78, 5) is 34.5. The Kier molecular flexibility index (Phi) is 8.14. The average Bonchev–Trinajstić information content (AvgIpc) is 2.72. The van der Waals surface area contributed by atoms with Gasteiger partial charge in [0.15, 0.2) is 6.10 Å². The summed E-state index contributed by atoms with van der Waals surface area (Å²) >= 11 is 0. The van der Waals surface area contributed by atoms with E-state index in [9.17, 15) is 22.8 Å². The Labute approximate surface area is 181 Å². The first kappa shape index (κ1) is 23.9. The number of anilines is 1. The van der Waals surface area contributed by atoms with Crippen molar-refractivity contribution in [2.24, 2.45) is 5.73 Å². The maximum atomic E-state index is 12.7. The van der Waals surface area contributed by atoms with Gasteiger partial charge in [0.1, 0.15) is 0 Å². The van der Waals surface area contributed by atoms with Gasteiger partial charge < -0.3 is 10.5 Å². The zero-order valence-corrected chi connectivity index (χ0v) is 18.1. The SMILES string of the molecule is CCCCc1ccc(NS(=O)(=O)c2cccc(C(=O)OC(C)C(=O)NC(N)=O)c2)cc1. The molecule has 3 amide bonds. The second-order valence-corrected chi connectivity index (χ2v) is 8.52. The molecular formula is C21H25N3O6S. The van der Waals surface area contributed by atoms with Crippen LogP contribution in [0.5, 0.6) is 0 Å². The maximum absolute atomic E-state index is 12.7. The van der Waals surface area contributed by atoms with Crippen molar-refractivity contribution in [3.63, 3.8) is 0 Å². The van der Waals surface area contributed by atoms with Crippen molar-refractivity contribution in [3.8, 4) is 0 Å². The number of esters is 1. The van der Waals surface area contributed by atoms with Crippen molar-refractivity contribution in [2.75, 3.05) is 4.72 Å². The van der Waals surface area contributed by atoms with Crippen LogP contribution in [0.3, 0.4) is 0 Å². The molecule has 1 atom stereocenters. The summed E-state index contributed by atoms with van der Waals surface area (Å²) in [5, 5.41) is 1.79. The van der Waals surface area contributed by atoms with Gasteiger partial charge in [-0.25, -0.2) is 18.0 Å². The van der Waals surface area contributed by atoms with Gasteiger partial charge in [0.05, 0.1) is 10.5 Å². The van der Waals surface area contributed by atoms with Gasteiger partial charge in [-0.1, -0.05) is 31.5 Å². The van der Waals surface area contributed by atoms with Crippen LogP contribution in [0.1, 0.15) is 42.6 Å². The summed E-state index contributed by atoms with van der Waals surface area (Å²) in [5.41, 5.74) is 6.28. The summed E-state index contributed by atoms with van der Waals surface area (Å²) in [6, 6.07) is 11.2. The van der Waals surface area contributed by atoms with Crippen LogP contribution in [0.2, 0.25) is 0 Å². The quantitative estimate of drug-likeness (QED) is 0.504. The molecule has 2 rings (SSSR count). The normalized spacial score (nSPS) is 11.9. The number of nitrogens with one attached hydrogen (secondary N) is 2. The molecule has 0 aliphatic carbocycles. The number of aryl methyl sites for hydroxylation is 1. The number of amides is 3. The monoisotopic (exact) mass is 447 g/mol. The minimum Gasteiger partial charge on any atom is -0.449 e. The van der Waals surface area contributed by atoms with Crippen LogP contribution in [0, 0.1) is 0 Å². The standard InChI is InChI=1S/C21H25N3O6S/c1-3-4-6-15-9-11-17(12-10-15)24-31(28,29)18-8-5-7-16(13-18)20(26)30-14(2)19(25)23-21(22)27/h5,7-14,24H,3-4,6H2,1-2H3,(H3,22,23,25,27). The highest BCUT2D eigenvalue weighted by molar-refractivity contribution is 7.92. The predicted molar refractivity (Wildman–Crippen MR) is 115 cm³/mol. The lowest BCUT2D eigenvalue weighted by Crippen LogP contribution is -2.42. The summed E-state index contributed by atoms with van der Waals surface area (Å²) in [6.45, 7) is 3.35. The largest absolute Gasteiger partial charge is 0.449 e. The van der Waals surface area contributed by atoms with E-state index >= 15 is 0 Å². The number of carbonyl (C=O) groups excluding carboxylic acids is 3. The molecule has 0 fully saturated rings. The van der Waals surface area contributed by atoms with Crippen LogP contribution in [0.15, 0.2) is 53.4 Å². The first-order valence-electron chi connectivity index (χ1n) is 9.65. The fourth-order valence-corrected chi connectivity index (χ4v) is 3.73. The molecule has 0 spiro atoms. The van der Waals surface area contributed by atoms with Gasteiger partial charge in [0.25, 0.3) is 15.9 Å². The lowest BCUT2D eigenvalue weighted by Gasteiger charge is -2.13. The molecule has 9 nitrogen and oxygen atoms in total. The number of rotatable bonds is 9. The Morgan fingerprint density at radius 2 is 1.77 bits per heavy atom. The highest BCUT2D eigenvalue weighted by Gasteiger charge is 2.22. The number of primary amides is 1. The number of hydrogen-bond acceptors (Lipinski definition) is 6. The third-order valence-electron chi connectivity index (χ3n) is 4.30. The van der Waals surface area contributed by atoms with E-state index in [4.69, 9.17) is 10.5 Å². The van der Waals surface area contributed by atoms with Gasteiger partial charge in [-0.05, 0) is 55.7 Å². The number of sulfonamides is 1. The molecule has 2 aromatic rings. The van der Waals surface area contributed by atoms with E-state index in [2.05, 4.69) is 11.6 Å². The summed E-state index contributed by atoms with van der Waals surface area (Å²) in [7, 11) is -3.96. The van der Waals surface area contributed by atoms with E-state index in [0.29, 0.717) is 5.69 Å². The summed E-state index contributed by atoms with van der Waals surface area (Å²) < 4.78 is 32.8. The number of ether oxygens (including phenoxy) is 1. The number of nitrogens with two attached hydrogens (primary N) is 1. The van der Waals surface area contributed by atoms with E-state index in [0.717, 1.165) is 30.9 Å². The second-order valence-electron chi connectivity index (χ2n) is 6.83. The molecule has 0 saturated heterocycles. The number of unbranched alkanes of at least 4 members (excludes halogenated alkanes) is 1. The van der Waals surface area contributed by atoms with E-state index < -0.39 is 34.0 Å². The molecule has 0 heterocycles. The van der Waals surface area contributed by atoms with E-state index in [1.807, 2.05) is 12.1 Å². The van der Waals surface area contributed by atoms with Gasteiger partial charge in [-0.2, -0.15) is 0 Å². The van der Waals surface area contributed by atoms with Gasteiger partial charge in [-0.3, -0.25) is 14.8 Å². The highest BCUT2D eigenvalue weighted by Crippen LogP contribution is 2.19. The van der Waals surface area contributed by atoms with Crippen molar-refractivity contribution < 1.29 is 27.5 Å². The molecule has 1 unspecified atom stereocenters. The molecule has 0 bridgehead atoms. The van der Waals surface area contributed by atoms with Crippen LogP contribution >= 0.6 is 0 Å². The van der Waals surface area contributed by atoms with Crippen LogP contribution in [0.25, 0.3) is 0 Å². The Morgan fingerprint density at radius 3 is 2.39 bits per heavy atom. The Balaban J connectivity index is 2.11. The minimum absolute atomic E-state index is 0.0727. The van der Waals surface area contributed by atoms with Gasteiger partial charge in [0.2, 0.25) is 0 Å². The zero-order valence-electron chi connectivity index (χ0n) is 17.3. The summed E-state index contributed by atoms with van der Waals surface area (Å²) in [5.74, 6) is -1.82. The highest BCUT2D eigenvalue weighted by atomic mass is 32.2. The maximum Gasteiger partial charge on any atom is 0.338 e. The van der Waals surface area contributed by atoms with Crippen molar-refractivity contribution in [1.82, 2.24) is 5.32 Å². The van der Waals surface area contributed by atoms with Gasteiger partial charge >= 0.3 is 12.0 Å². The lowest BCUT2D eigenvalue weighted by atomic mass is 10.1. The third kappa shape index (κ3) is 7.10. The molecule has 0 radical (unpaired) electrons. The number of imide groups is 1. The van der Waals surface area contributed by atoms with Crippen LogP contribution in [-0.2, 0) is 26.0 Å². The molecule has 0 aliphatic rings. The first-order valence-corrected chi connectivity index (χ1v) is 11.1. The first-order chi connectivity index (χ1) is 14.6. The predicted octanol–water partition coefficient (Wildman–Crippen LogP) is 2.57. The fraction of sp³-hybridized carbons (Fsp3) is 0.286. The lowest BCUT2D eigenvalue weighted by molar-refractivity contribution is -0.127. The molecular weight excluding hydrogens is 422 g/mol. The van der Waals surface area contributed by atoms with Crippen LogP contribution in [0.4, 0.5) is 10.5 Å².